The van der Waals surface area contributed by atoms with Crippen LogP contribution in [0.15, 0.2) is 11.1 Å². The Balaban J connectivity index is 1.82. The molecule has 3 nitrogen and oxygen atoms in total. The van der Waals surface area contributed by atoms with E-state index >= 15 is 0 Å². The Labute approximate surface area is 133 Å². The SMILES string of the molecule is CC[C@H](C)[C@@H](N)C(=O)N1CCC(C2CC=C(Cl)CC2)CC1. The number of amides is 1. The van der Waals surface area contributed by atoms with Crippen molar-refractivity contribution in [2.24, 2.45) is 23.5 Å². The van der Waals surface area contributed by atoms with Crippen LogP contribution in [0.25, 0.3) is 0 Å². The maximum absolute atomic E-state index is 12.4. The minimum atomic E-state index is -0.331. The smallest absolute Gasteiger partial charge is 0.239 e. The summed E-state index contributed by atoms with van der Waals surface area (Å²) in [4.78, 5) is 14.4. The fourth-order valence-electron chi connectivity index (χ4n) is 3.55. The largest absolute Gasteiger partial charge is 0.341 e. The number of rotatable bonds is 4. The van der Waals surface area contributed by atoms with Gasteiger partial charge in [0.05, 0.1) is 6.04 Å². The highest BCUT2D eigenvalue weighted by molar-refractivity contribution is 6.29. The molecule has 1 fully saturated rings. The molecule has 1 saturated heterocycles. The van der Waals surface area contributed by atoms with Gasteiger partial charge in [0.15, 0.2) is 0 Å². The molecular weight excluding hydrogens is 284 g/mol. The van der Waals surface area contributed by atoms with E-state index < -0.39 is 0 Å². The van der Waals surface area contributed by atoms with E-state index in [0.717, 1.165) is 62.1 Å². The summed E-state index contributed by atoms with van der Waals surface area (Å²) < 4.78 is 0. The lowest BCUT2D eigenvalue weighted by Gasteiger charge is -2.38. The summed E-state index contributed by atoms with van der Waals surface area (Å²) in [6.45, 7) is 5.91. The van der Waals surface area contributed by atoms with Crippen LogP contribution in [0.2, 0.25) is 0 Å². The maximum atomic E-state index is 12.4. The van der Waals surface area contributed by atoms with E-state index in [1.54, 1.807) is 0 Å². The molecule has 1 unspecified atom stereocenters. The number of hydrogen-bond acceptors (Lipinski definition) is 2. The molecule has 0 aromatic rings. The van der Waals surface area contributed by atoms with Crippen molar-refractivity contribution < 1.29 is 4.79 Å². The standard InChI is InChI=1S/C17H29ClN2O/c1-3-12(2)16(19)17(21)20-10-8-14(9-11-20)13-4-6-15(18)7-5-13/h6,12-14,16H,3-5,7-11,19H2,1-2H3/t12-,13?,16+/m0/s1. The lowest BCUT2D eigenvalue weighted by molar-refractivity contribution is -0.135. The van der Waals surface area contributed by atoms with Gasteiger partial charge >= 0.3 is 0 Å². The summed E-state index contributed by atoms with van der Waals surface area (Å²) in [5.41, 5.74) is 6.08. The molecule has 1 heterocycles. The molecule has 0 aromatic heterocycles. The molecule has 4 heteroatoms. The number of nitrogens with two attached hydrogens (primary N) is 1. The highest BCUT2D eigenvalue weighted by Crippen LogP contribution is 2.36. The molecule has 1 aliphatic carbocycles. The average Bonchev–Trinajstić information content (AvgIpc) is 2.53. The number of hydrogen-bond donors (Lipinski definition) is 1. The van der Waals surface area contributed by atoms with Crippen molar-refractivity contribution in [2.75, 3.05) is 13.1 Å². The third-order valence-electron chi connectivity index (χ3n) is 5.46. The van der Waals surface area contributed by atoms with Crippen molar-refractivity contribution in [3.05, 3.63) is 11.1 Å². The number of likely N-dealkylation sites (tertiary alicyclic amines) is 1. The van der Waals surface area contributed by atoms with E-state index in [2.05, 4.69) is 19.9 Å². The van der Waals surface area contributed by atoms with E-state index in [1.807, 2.05) is 4.90 Å². The fraction of sp³-hybridized carbons (Fsp3) is 0.824. The zero-order chi connectivity index (χ0) is 15.4. The molecule has 0 radical (unpaired) electrons. The first-order valence-corrected chi connectivity index (χ1v) is 8.79. The van der Waals surface area contributed by atoms with Crippen LogP contribution in [0.3, 0.4) is 0 Å². The predicted octanol–water partition coefficient (Wildman–Crippen LogP) is 3.52. The second-order valence-electron chi connectivity index (χ2n) is 6.76. The molecule has 120 valence electrons. The zero-order valence-electron chi connectivity index (χ0n) is 13.4. The van der Waals surface area contributed by atoms with Gasteiger partial charge in [0, 0.05) is 18.1 Å². The van der Waals surface area contributed by atoms with E-state index in [9.17, 15) is 4.79 Å². The Morgan fingerprint density at radius 1 is 1.38 bits per heavy atom. The lowest BCUT2D eigenvalue weighted by atomic mass is 9.78. The first-order valence-electron chi connectivity index (χ1n) is 8.41. The molecule has 0 spiro atoms. The summed E-state index contributed by atoms with van der Waals surface area (Å²) >= 11 is 6.06. The van der Waals surface area contributed by atoms with E-state index in [4.69, 9.17) is 17.3 Å². The quantitative estimate of drug-likeness (QED) is 0.863. The van der Waals surface area contributed by atoms with Crippen molar-refractivity contribution in [1.82, 2.24) is 4.90 Å². The first kappa shape index (κ1) is 16.8. The van der Waals surface area contributed by atoms with Gasteiger partial charge in [-0.05, 0) is 49.9 Å². The Hall–Kier alpha value is -0.540. The van der Waals surface area contributed by atoms with Gasteiger partial charge in [0.1, 0.15) is 0 Å². The van der Waals surface area contributed by atoms with Crippen molar-refractivity contribution in [3.8, 4) is 0 Å². The van der Waals surface area contributed by atoms with Gasteiger partial charge in [-0.25, -0.2) is 0 Å². The minimum absolute atomic E-state index is 0.148. The van der Waals surface area contributed by atoms with Crippen LogP contribution < -0.4 is 5.73 Å². The van der Waals surface area contributed by atoms with Gasteiger partial charge in [0.2, 0.25) is 5.91 Å². The second kappa shape index (κ2) is 7.64. The van der Waals surface area contributed by atoms with E-state index in [1.165, 1.54) is 6.42 Å². The minimum Gasteiger partial charge on any atom is -0.341 e. The average molecular weight is 313 g/mol. The Morgan fingerprint density at radius 2 is 2.05 bits per heavy atom. The van der Waals surface area contributed by atoms with Gasteiger partial charge in [-0.3, -0.25) is 4.79 Å². The van der Waals surface area contributed by atoms with Crippen LogP contribution in [-0.2, 0) is 4.79 Å². The molecule has 2 rings (SSSR count). The molecule has 3 atom stereocenters. The summed E-state index contributed by atoms with van der Waals surface area (Å²) in [5.74, 6) is 1.91. The Kier molecular flexibility index (Phi) is 6.12. The third kappa shape index (κ3) is 4.23. The van der Waals surface area contributed by atoms with E-state index in [-0.39, 0.29) is 17.9 Å². The van der Waals surface area contributed by atoms with Gasteiger partial charge < -0.3 is 10.6 Å². The first-order chi connectivity index (χ1) is 10.0. The summed E-state index contributed by atoms with van der Waals surface area (Å²) in [6.07, 6.45) is 8.74. The molecular formula is C17H29ClN2O. The van der Waals surface area contributed by atoms with Crippen molar-refractivity contribution in [1.29, 1.82) is 0 Å². The summed E-state index contributed by atoms with van der Waals surface area (Å²) in [7, 11) is 0. The molecule has 0 bridgehead atoms. The number of halogens is 1. The van der Waals surface area contributed by atoms with Crippen molar-refractivity contribution in [3.63, 3.8) is 0 Å². The molecule has 0 saturated carbocycles. The van der Waals surface area contributed by atoms with Crippen LogP contribution in [0.5, 0.6) is 0 Å². The molecule has 2 N–H and O–H groups in total. The normalized spacial score (nSPS) is 27.1. The predicted molar refractivity (Wildman–Crippen MR) is 88.0 cm³/mol. The van der Waals surface area contributed by atoms with Crippen LogP contribution in [0.1, 0.15) is 52.4 Å². The molecule has 1 aliphatic heterocycles. The van der Waals surface area contributed by atoms with Gasteiger partial charge in [-0.1, -0.05) is 37.9 Å². The highest BCUT2D eigenvalue weighted by Gasteiger charge is 2.31. The van der Waals surface area contributed by atoms with Crippen molar-refractivity contribution >= 4 is 17.5 Å². The molecule has 0 aromatic carbocycles. The Morgan fingerprint density at radius 3 is 2.57 bits per heavy atom. The molecule has 2 aliphatic rings. The number of allylic oxidation sites excluding steroid dienone is 2. The van der Waals surface area contributed by atoms with Gasteiger partial charge in [-0.2, -0.15) is 0 Å². The summed E-state index contributed by atoms with van der Waals surface area (Å²) in [6, 6.07) is -0.331. The van der Waals surface area contributed by atoms with Crippen LogP contribution in [0.4, 0.5) is 0 Å². The van der Waals surface area contributed by atoms with Crippen LogP contribution in [0, 0.1) is 17.8 Å². The molecule has 1 amide bonds. The Bertz CT molecular complexity index is 388. The third-order valence-corrected chi connectivity index (χ3v) is 5.80. The second-order valence-corrected chi connectivity index (χ2v) is 7.24. The van der Waals surface area contributed by atoms with E-state index in [0.29, 0.717) is 0 Å². The lowest BCUT2D eigenvalue weighted by Crippen LogP contribution is -2.50. The monoisotopic (exact) mass is 312 g/mol. The topological polar surface area (TPSA) is 46.3 Å². The van der Waals surface area contributed by atoms with Crippen LogP contribution in [-0.4, -0.2) is 29.9 Å². The maximum Gasteiger partial charge on any atom is 0.239 e. The van der Waals surface area contributed by atoms with Crippen molar-refractivity contribution in [2.45, 2.75) is 58.4 Å². The van der Waals surface area contributed by atoms with Gasteiger partial charge in [-0.15, -0.1) is 0 Å². The molecule has 21 heavy (non-hydrogen) atoms. The number of carbonyl (C=O) groups is 1. The zero-order valence-corrected chi connectivity index (χ0v) is 14.1. The highest BCUT2D eigenvalue weighted by atomic mass is 35.5. The number of nitrogens with zero attached hydrogens (tertiary/aromatic N) is 1. The summed E-state index contributed by atoms with van der Waals surface area (Å²) in [5, 5.41) is 1.03. The number of piperidine rings is 1. The fourth-order valence-corrected chi connectivity index (χ4v) is 3.75. The van der Waals surface area contributed by atoms with Crippen LogP contribution >= 0.6 is 11.6 Å². The van der Waals surface area contributed by atoms with Gasteiger partial charge in [0.25, 0.3) is 0 Å². The number of carbonyl (C=O) groups excluding carboxylic acids is 1.